The van der Waals surface area contributed by atoms with Crippen LogP contribution in [0.25, 0.3) is 10.6 Å². The molecule has 1 fully saturated rings. The predicted octanol–water partition coefficient (Wildman–Crippen LogP) is 3.03. The summed E-state index contributed by atoms with van der Waals surface area (Å²) in [6.45, 7) is 6.12. The molecule has 1 aliphatic carbocycles. The number of hydrogen-bond acceptors (Lipinski definition) is 6. The number of hydrogen-bond donors (Lipinski definition) is 0. The monoisotopic (exact) mass is 409 g/mol. The van der Waals surface area contributed by atoms with Gasteiger partial charge in [0.2, 0.25) is 0 Å². The Kier molecular flexibility index (Phi) is 5.04. The normalized spacial score (nSPS) is 13.5. The van der Waals surface area contributed by atoms with Gasteiger partial charge in [-0.2, -0.15) is 5.10 Å². The maximum absolute atomic E-state index is 13.4. The zero-order chi connectivity index (χ0) is 20.7. The Balaban J connectivity index is 1.71. The minimum atomic E-state index is -0.198. The molecule has 0 N–H and O–H groups in total. The van der Waals surface area contributed by atoms with Crippen LogP contribution in [-0.2, 0) is 13.6 Å². The Labute approximate surface area is 173 Å². The lowest BCUT2D eigenvalue weighted by molar-refractivity contribution is 0.0734. The van der Waals surface area contributed by atoms with Gasteiger partial charge in [0.25, 0.3) is 11.5 Å². The van der Waals surface area contributed by atoms with Gasteiger partial charge >= 0.3 is 0 Å². The molecule has 0 saturated heterocycles. The first-order valence-electron chi connectivity index (χ1n) is 9.59. The maximum Gasteiger partial charge on any atom is 0.277 e. The molecule has 0 aromatic carbocycles. The van der Waals surface area contributed by atoms with Crippen molar-refractivity contribution in [2.45, 2.75) is 46.2 Å². The van der Waals surface area contributed by atoms with Crippen LogP contribution in [0, 0.1) is 20.8 Å². The van der Waals surface area contributed by atoms with Crippen molar-refractivity contribution < 1.29 is 4.79 Å². The van der Waals surface area contributed by atoms with E-state index in [-0.39, 0.29) is 17.5 Å². The van der Waals surface area contributed by atoms with Gasteiger partial charge in [0.05, 0.1) is 17.0 Å². The Bertz CT molecular complexity index is 1130. The van der Waals surface area contributed by atoms with Crippen LogP contribution in [-0.4, -0.2) is 36.6 Å². The van der Waals surface area contributed by atoms with Crippen LogP contribution in [0.1, 0.15) is 45.0 Å². The van der Waals surface area contributed by atoms with Gasteiger partial charge in [-0.25, -0.2) is 9.67 Å². The molecule has 7 nitrogen and oxygen atoms in total. The molecule has 1 amide bonds. The van der Waals surface area contributed by atoms with Gasteiger partial charge in [-0.05, 0) is 56.9 Å². The number of rotatable bonds is 5. The summed E-state index contributed by atoms with van der Waals surface area (Å²) < 4.78 is 1.33. The summed E-state index contributed by atoms with van der Waals surface area (Å²) in [6, 6.07) is 4.12. The van der Waals surface area contributed by atoms with E-state index in [1.54, 1.807) is 19.4 Å². The van der Waals surface area contributed by atoms with Crippen LogP contribution in [0.4, 0.5) is 0 Å². The van der Waals surface area contributed by atoms with Gasteiger partial charge in [0.15, 0.2) is 0 Å². The van der Waals surface area contributed by atoms with Crippen molar-refractivity contribution in [1.29, 1.82) is 0 Å². The summed E-state index contributed by atoms with van der Waals surface area (Å²) >= 11 is 1.29. The number of aromatic nitrogens is 4. The molecule has 3 aromatic rings. The fourth-order valence-corrected chi connectivity index (χ4v) is 4.49. The van der Waals surface area contributed by atoms with E-state index in [0.29, 0.717) is 27.7 Å². The largest absolute Gasteiger partial charge is 0.331 e. The second-order valence-electron chi connectivity index (χ2n) is 7.47. The van der Waals surface area contributed by atoms with Gasteiger partial charge in [-0.15, -0.1) is 11.3 Å². The Morgan fingerprint density at radius 2 is 1.90 bits per heavy atom. The van der Waals surface area contributed by atoms with E-state index in [9.17, 15) is 9.59 Å². The summed E-state index contributed by atoms with van der Waals surface area (Å²) in [4.78, 5) is 37.2. The number of carbonyl (C=O) groups excluding carboxylic acids is 1. The molecule has 29 heavy (non-hydrogen) atoms. The zero-order valence-corrected chi connectivity index (χ0v) is 17.8. The lowest BCUT2D eigenvalue weighted by atomic mass is 10.1. The third-order valence-electron chi connectivity index (χ3n) is 5.28. The highest BCUT2D eigenvalue weighted by Crippen LogP contribution is 2.34. The summed E-state index contributed by atoms with van der Waals surface area (Å²) in [7, 11) is 1.63. The third-order valence-corrected chi connectivity index (χ3v) is 6.44. The van der Waals surface area contributed by atoms with Crippen LogP contribution in [0.5, 0.6) is 0 Å². The van der Waals surface area contributed by atoms with Crippen molar-refractivity contribution >= 4 is 17.2 Å². The first kappa shape index (κ1) is 19.4. The van der Waals surface area contributed by atoms with Crippen LogP contribution >= 0.6 is 11.3 Å². The Morgan fingerprint density at radius 1 is 1.21 bits per heavy atom. The topological polar surface area (TPSA) is 81.0 Å². The number of nitrogens with zero attached hydrogens (tertiary/aromatic N) is 5. The van der Waals surface area contributed by atoms with Crippen LogP contribution < -0.4 is 5.56 Å². The smallest absolute Gasteiger partial charge is 0.277 e. The van der Waals surface area contributed by atoms with Gasteiger partial charge in [0, 0.05) is 32.0 Å². The van der Waals surface area contributed by atoms with Gasteiger partial charge in [-0.3, -0.25) is 14.6 Å². The zero-order valence-electron chi connectivity index (χ0n) is 17.0. The number of amides is 1. The average molecular weight is 410 g/mol. The molecular weight excluding hydrogens is 386 g/mol. The van der Waals surface area contributed by atoms with Gasteiger partial charge < -0.3 is 4.90 Å². The van der Waals surface area contributed by atoms with Crippen molar-refractivity contribution in [2.75, 3.05) is 0 Å². The van der Waals surface area contributed by atoms with Crippen molar-refractivity contribution in [3.63, 3.8) is 0 Å². The van der Waals surface area contributed by atoms with Gasteiger partial charge in [0.1, 0.15) is 9.88 Å². The van der Waals surface area contributed by atoms with Crippen molar-refractivity contribution in [3.8, 4) is 10.6 Å². The average Bonchev–Trinajstić information content (AvgIpc) is 3.47. The van der Waals surface area contributed by atoms with Crippen molar-refractivity contribution in [1.82, 2.24) is 24.6 Å². The number of thiazole rings is 1. The fraction of sp³-hybridized carbons (Fsp3) is 0.381. The van der Waals surface area contributed by atoms with E-state index in [1.807, 2.05) is 37.8 Å². The second kappa shape index (κ2) is 7.51. The van der Waals surface area contributed by atoms with Crippen LogP contribution in [0.3, 0.4) is 0 Å². The molecule has 0 aliphatic heterocycles. The second-order valence-corrected chi connectivity index (χ2v) is 8.47. The van der Waals surface area contributed by atoms with Gasteiger partial charge in [-0.1, -0.05) is 0 Å². The third kappa shape index (κ3) is 3.72. The highest BCUT2D eigenvalue weighted by Gasteiger charge is 2.35. The molecule has 8 heteroatoms. The first-order chi connectivity index (χ1) is 13.9. The summed E-state index contributed by atoms with van der Waals surface area (Å²) in [5.41, 5.74) is 3.62. The fourth-order valence-electron chi connectivity index (χ4n) is 3.37. The molecule has 0 atom stereocenters. The van der Waals surface area contributed by atoms with E-state index in [4.69, 9.17) is 0 Å². The molecule has 0 radical (unpaired) electrons. The molecule has 150 valence electrons. The minimum absolute atomic E-state index is 0.0224. The molecular formula is C21H23N5O2S. The standard InChI is InChI=1S/C21H23N5O2S/c1-12-13(2)24-25(4)20(27)17(12)19-23-14(3)18(29-19)21(28)26(16-5-6-16)11-15-7-9-22-10-8-15/h7-10,16H,5-6,11H2,1-4H3. The summed E-state index contributed by atoms with van der Waals surface area (Å²) in [5, 5.41) is 4.81. The molecule has 1 saturated carbocycles. The van der Waals surface area contributed by atoms with Crippen LogP contribution in [0.2, 0.25) is 0 Å². The number of aryl methyl sites for hydroxylation is 3. The molecule has 3 heterocycles. The molecule has 3 aromatic heterocycles. The summed E-state index contributed by atoms with van der Waals surface area (Å²) in [5.74, 6) is -0.0224. The van der Waals surface area contributed by atoms with E-state index in [2.05, 4.69) is 15.1 Å². The van der Waals surface area contributed by atoms with Crippen molar-refractivity contribution in [2.24, 2.45) is 7.05 Å². The highest BCUT2D eigenvalue weighted by atomic mass is 32.1. The predicted molar refractivity (Wildman–Crippen MR) is 112 cm³/mol. The lowest BCUT2D eigenvalue weighted by Gasteiger charge is -2.22. The van der Waals surface area contributed by atoms with Crippen molar-refractivity contribution in [3.05, 3.63) is 62.3 Å². The lowest BCUT2D eigenvalue weighted by Crippen LogP contribution is -2.32. The summed E-state index contributed by atoms with van der Waals surface area (Å²) in [6.07, 6.45) is 5.52. The highest BCUT2D eigenvalue weighted by molar-refractivity contribution is 7.17. The molecule has 4 rings (SSSR count). The quantitative estimate of drug-likeness (QED) is 0.647. The molecule has 0 unspecified atom stereocenters. The Hall–Kier alpha value is -2.87. The Morgan fingerprint density at radius 3 is 2.55 bits per heavy atom. The number of pyridine rings is 1. The van der Waals surface area contributed by atoms with E-state index in [1.165, 1.54) is 16.0 Å². The first-order valence-corrected chi connectivity index (χ1v) is 10.4. The SMILES string of the molecule is Cc1nc(-c2c(C)c(C)nn(C)c2=O)sc1C(=O)N(Cc1ccncc1)C1CC1. The molecule has 1 aliphatic rings. The van der Waals surface area contributed by atoms with Crippen LogP contribution in [0.15, 0.2) is 29.3 Å². The molecule has 0 bridgehead atoms. The van der Waals surface area contributed by atoms with E-state index < -0.39 is 0 Å². The molecule has 0 spiro atoms. The van der Waals surface area contributed by atoms with E-state index >= 15 is 0 Å². The number of carbonyl (C=O) groups is 1. The maximum atomic E-state index is 13.4. The van der Waals surface area contributed by atoms with E-state index in [0.717, 1.165) is 29.7 Å². The minimum Gasteiger partial charge on any atom is -0.331 e.